The fraction of sp³-hybridized carbons (Fsp3) is 0.455. The van der Waals surface area contributed by atoms with E-state index in [1.807, 2.05) is 6.07 Å². The Kier molecular flexibility index (Phi) is 2.79. The number of benzene rings is 1. The summed E-state index contributed by atoms with van der Waals surface area (Å²) >= 11 is 1.68. The number of fused-ring (bicyclic) bond motifs is 1. The normalized spacial score (nSPS) is 22.1. The monoisotopic (exact) mass is 212 g/mol. The average Bonchev–Trinajstić information content (AvgIpc) is 2.49. The van der Waals surface area contributed by atoms with Gasteiger partial charge in [0.1, 0.15) is 5.82 Å². The lowest BCUT2D eigenvalue weighted by molar-refractivity contribution is 0.177. The Bertz CT molecular complexity index is 338. The van der Waals surface area contributed by atoms with Crippen molar-refractivity contribution in [3.05, 3.63) is 29.6 Å². The Balaban J connectivity index is 2.29. The first-order valence-corrected chi connectivity index (χ1v) is 5.76. The third-order valence-corrected chi connectivity index (χ3v) is 3.72. The molecule has 2 rings (SSSR count). The van der Waals surface area contributed by atoms with Crippen molar-refractivity contribution in [2.45, 2.75) is 30.3 Å². The maximum atomic E-state index is 13.5. The van der Waals surface area contributed by atoms with Crippen LogP contribution in [-0.2, 0) is 0 Å². The molecular weight excluding hydrogens is 199 g/mol. The third-order valence-electron chi connectivity index (χ3n) is 2.49. The molecule has 14 heavy (non-hydrogen) atoms. The van der Waals surface area contributed by atoms with Gasteiger partial charge in [-0.25, -0.2) is 4.39 Å². The van der Waals surface area contributed by atoms with Gasteiger partial charge in [-0.1, -0.05) is 6.07 Å². The van der Waals surface area contributed by atoms with Crippen LogP contribution < -0.4 is 0 Å². The van der Waals surface area contributed by atoms with E-state index in [4.69, 9.17) is 0 Å². The van der Waals surface area contributed by atoms with Gasteiger partial charge in [-0.3, -0.25) is 0 Å². The van der Waals surface area contributed by atoms with Gasteiger partial charge < -0.3 is 5.11 Å². The Hall–Kier alpha value is -0.540. The summed E-state index contributed by atoms with van der Waals surface area (Å²) in [5.74, 6) is 0.940. The molecule has 0 aromatic heterocycles. The van der Waals surface area contributed by atoms with E-state index < -0.39 is 0 Å². The van der Waals surface area contributed by atoms with Gasteiger partial charge >= 0.3 is 0 Å². The van der Waals surface area contributed by atoms with Gasteiger partial charge in [-0.2, -0.15) is 0 Å². The molecule has 0 amide bonds. The molecular formula is C11H13FOS. The standard InChI is InChI=1S/C11H13FOS/c1-7(13)5-8-6-14-10-4-2-3-9(12)11(8)10/h2-4,7-8,13H,5-6H2,1H3. The van der Waals surface area contributed by atoms with Crippen LogP contribution in [0.1, 0.15) is 24.8 Å². The van der Waals surface area contributed by atoms with Gasteiger partial charge in [0.25, 0.3) is 0 Å². The fourth-order valence-electron chi connectivity index (χ4n) is 1.91. The summed E-state index contributed by atoms with van der Waals surface area (Å²) in [6.07, 6.45) is 0.298. The van der Waals surface area contributed by atoms with E-state index in [1.54, 1.807) is 24.8 Å². The Morgan fingerprint density at radius 2 is 2.43 bits per heavy atom. The van der Waals surface area contributed by atoms with Gasteiger partial charge in [0.15, 0.2) is 0 Å². The zero-order chi connectivity index (χ0) is 10.1. The third kappa shape index (κ3) is 1.79. The zero-order valence-corrected chi connectivity index (χ0v) is 8.85. The molecule has 0 spiro atoms. The largest absolute Gasteiger partial charge is 0.393 e. The zero-order valence-electron chi connectivity index (χ0n) is 8.03. The molecule has 2 atom stereocenters. The van der Waals surface area contributed by atoms with E-state index in [1.165, 1.54) is 6.07 Å². The van der Waals surface area contributed by atoms with Crippen molar-refractivity contribution in [2.24, 2.45) is 0 Å². The number of rotatable bonds is 2. The summed E-state index contributed by atoms with van der Waals surface area (Å²) < 4.78 is 13.5. The van der Waals surface area contributed by atoms with E-state index in [0.29, 0.717) is 6.42 Å². The lowest BCUT2D eigenvalue weighted by Gasteiger charge is -2.12. The van der Waals surface area contributed by atoms with E-state index in [9.17, 15) is 9.50 Å². The fourth-order valence-corrected chi connectivity index (χ4v) is 3.19. The van der Waals surface area contributed by atoms with Crippen LogP contribution in [0.4, 0.5) is 4.39 Å². The minimum atomic E-state index is -0.355. The molecule has 0 bridgehead atoms. The molecule has 0 saturated carbocycles. The second-order valence-electron chi connectivity index (χ2n) is 3.74. The maximum Gasteiger partial charge on any atom is 0.127 e. The van der Waals surface area contributed by atoms with Gasteiger partial charge in [0.05, 0.1) is 6.10 Å². The summed E-state index contributed by atoms with van der Waals surface area (Å²) in [7, 11) is 0. The topological polar surface area (TPSA) is 20.2 Å². The van der Waals surface area contributed by atoms with Gasteiger partial charge in [0.2, 0.25) is 0 Å². The molecule has 0 aliphatic carbocycles. The van der Waals surface area contributed by atoms with Crippen molar-refractivity contribution in [2.75, 3.05) is 5.75 Å². The lowest BCUT2D eigenvalue weighted by atomic mass is 9.95. The number of hydrogen-bond acceptors (Lipinski definition) is 2. The molecule has 0 fully saturated rings. The Morgan fingerprint density at radius 1 is 1.64 bits per heavy atom. The van der Waals surface area contributed by atoms with Crippen LogP contribution in [0.2, 0.25) is 0 Å². The highest BCUT2D eigenvalue weighted by Crippen LogP contribution is 2.42. The minimum absolute atomic E-state index is 0.127. The molecule has 1 aliphatic heterocycles. The molecule has 1 heterocycles. The van der Waals surface area contributed by atoms with Crippen LogP contribution in [0.5, 0.6) is 0 Å². The van der Waals surface area contributed by atoms with Crippen molar-refractivity contribution >= 4 is 11.8 Å². The van der Waals surface area contributed by atoms with Crippen LogP contribution in [0.3, 0.4) is 0 Å². The molecule has 1 nitrogen and oxygen atoms in total. The van der Waals surface area contributed by atoms with Crippen LogP contribution in [0, 0.1) is 5.82 Å². The molecule has 3 heteroatoms. The molecule has 0 saturated heterocycles. The first-order chi connectivity index (χ1) is 6.68. The minimum Gasteiger partial charge on any atom is -0.393 e. The molecule has 1 N–H and O–H groups in total. The average molecular weight is 212 g/mol. The lowest BCUT2D eigenvalue weighted by Crippen LogP contribution is -2.09. The number of aliphatic hydroxyl groups excluding tert-OH is 1. The predicted octanol–water partition coefficient (Wildman–Crippen LogP) is 2.79. The van der Waals surface area contributed by atoms with Crippen molar-refractivity contribution in [1.82, 2.24) is 0 Å². The number of aliphatic hydroxyl groups is 1. The summed E-state index contributed by atoms with van der Waals surface area (Å²) in [4.78, 5) is 1.04. The van der Waals surface area contributed by atoms with Crippen LogP contribution in [0.25, 0.3) is 0 Å². The highest BCUT2D eigenvalue weighted by molar-refractivity contribution is 7.99. The van der Waals surface area contributed by atoms with Crippen molar-refractivity contribution in [3.63, 3.8) is 0 Å². The highest BCUT2D eigenvalue weighted by Gasteiger charge is 2.27. The van der Waals surface area contributed by atoms with E-state index in [-0.39, 0.29) is 17.8 Å². The van der Waals surface area contributed by atoms with Crippen molar-refractivity contribution in [1.29, 1.82) is 0 Å². The summed E-state index contributed by atoms with van der Waals surface area (Å²) in [5.41, 5.74) is 0.804. The number of hydrogen-bond donors (Lipinski definition) is 1. The first-order valence-electron chi connectivity index (χ1n) is 4.77. The predicted molar refractivity (Wildman–Crippen MR) is 56.2 cm³/mol. The van der Waals surface area contributed by atoms with Gasteiger partial charge in [-0.15, -0.1) is 11.8 Å². The molecule has 2 unspecified atom stereocenters. The molecule has 1 aromatic rings. The Morgan fingerprint density at radius 3 is 3.14 bits per heavy atom. The maximum absolute atomic E-state index is 13.5. The van der Waals surface area contributed by atoms with Gasteiger partial charge in [-0.05, 0) is 31.4 Å². The Labute approximate surface area is 87.3 Å². The SMILES string of the molecule is CC(O)CC1CSc2cccc(F)c21. The van der Waals surface area contributed by atoms with E-state index >= 15 is 0 Å². The molecule has 1 aromatic carbocycles. The van der Waals surface area contributed by atoms with E-state index in [0.717, 1.165) is 16.2 Å². The van der Waals surface area contributed by atoms with Crippen LogP contribution in [-0.4, -0.2) is 17.0 Å². The van der Waals surface area contributed by atoms with E-state index in [2.05, 4.69) is 0 Å². The van der Waals surface area contributed by atoms with Crippen molar-refractivity contribution in [3.8, 4) is 0 Å². The number of halogens is 1. The second-order valence-corrected chi connectivity index (χ2v) is 4.81. The van der Waals surface area contributed by atoms with Crippen LogP contribution >= 0.6 is 11.8 Å². The molecule has 1 aliphatic rings. The number of thioether (sulfide) groups is 1. The van der Waals surface area contributed by atoms with Crippen molar-refractivity contribution < 1.29 is 9.50 Å². The summed E-state index contributed by atoms with van der Waals surface area (Å²) in [6, 6.07) is 5.19. The van der Waals surface area contributed by atoms with Crippen LogP contribution in [0.15, 0.2) is 23.1 Å². The smallest absolute Gasteiger partial charge is 0.127 e. The summed E-state index contributed by atoms with van der Waals surface area (Å²) in [6.45, 7) is 1.75. The summed E-state index contributed by atoms with van der Waals surface area (Å²) in [5, 5.41) is 9.30. The molecule has 0 radical (unpaired) electrons. The quantitative estimate of drug-likeness (QED) is 0.813. The highest BCUT2D eigenvalue weighted by atomic mass is 32.2. The second kappa shape index (κ2) is 3.91. The first kappa shape index (κ1) is 9.99. The molecule has 76 valence electrons. The van der Waals surface area contributed by atoms with Gasteiger partial charge in [0, 0.05) is 16.2 Å².